The van der Waals surface area contributed by atoms with Crippen LogP contribution in [0.5, 0.6) is 0 Å². The van der Waals surface area contributed by atoms with Gasteiger partial charge < -0.3 is 20.0 Å². The van der Waals surface area contributed by atoms with Crippen LogP contribution in [-0.2, 0) is 5.60 Å². The van der Waals surface area contributed by atoms with E-state index in [-0.39, 0.29) is 6.10 Å². The average molecular weight is 369 g/mol. The SMILES string of the molecule is Cc1ccc(C2(O)CCN(c3nccc(N4CCCC(O)C4)n3)CC2)nc1. The summed E-state index contributed by atoms with van der Waals surface area (Å²) in [6.07, 6.45) is 6.31. The Morgan fingerprint density at radius 3 is 2.59 bits per heavy atom. The summed E-state index contributed by atoms with van der Waals surface area (Å²) in [5.74, 6) is 1.55. The first kappa shape index (κ1) is 18.1. The van der Waals surface area contributed by atoms with Crippen molar-refractivity contribution in [2.24, 2.45) is 0 Å². The van der Waals surface area contributed by atoms with Crippen LogP contribution in [0.2, 0.25) is 0 Å². The molecule has 4 rings (SSSR count). The number of pyridine rings is 1. The molecule has 2 aliphatic rings. The number of aliphatic hydroxyl groups excluding tert-OH is 1. The fraction of sp³-hybridized carbons (Fsp3) is 0.550. The van der Waals surface area contributed by atoms with Crippen molar-refractivity contribution in [3.05, 3.63) is 41.9 Å². The van der Waals surface area contributed by atoms with Crippen molar-refractivity contribution in [2.45, 2.75) is 44.3 Å². The van der Waals surface area contributed by atoms with Crippen LogP contribution in [0.3, 0.4) is 0 Å². The van der Waals surface area contributed by atoms with Crippen LogP contribution in [0, 0.1) is 6.92 Å². The minimum absolute atomic E-state index is 0.288. The Bertz CT molecular complexity index is 774. The van der Waals surface area contributed by atoms with Crippen LogP contribution in [0.1, 0.15) is 36.9 Å². The van der Waals surface area contributed by atoms with E-state index in [2.05, 4.69) is 19.8 Å². The van der Waals surface area contributed by atoms with Crippen molar-refractivity contribution in [3.8, 4) is 0 Å². The number of hydrogen-bond donors (Lipinski definition) is 2. The number of aromatic nitrogens is 3. The Kier molecular flexibility index (Phi) is 4.97. The number of β-amino-alcohol motifs (C(OH)–C–C–N with tert-alkyl or cyclic N) is 1. The van der Waals surface area contributed by atoms with Gasteiger partial charge in [-0.15, -0.1) is 0 Å². The second-order valence-electron chi connectivity index (χ2n) is 7.70. The number of aliphatic hydroxyl groups is 2. The number of aryl methyl sites for hydroxylation is 1. The van der Waals surface area contributed by atoms with Gasteiger partial charge in [0.15, 0.2) is 0 Å². The summed E-state index contributed by atoms with van der Waals surface area (Å²) in [6.45, 7) is 4.88. The summed E-state index contributed by atoms with van der Waals surface area (Å²) in [5.41, 5.74) is 0.941. The van der Waals surface area contributed by atoms with Crippen LogP contribution in [0.15, 0.2) is 30.6 Å². The first-order valence-electron chi connectivity index (χ1n) is 9.70. The summed E-state index contributed by atoms with van der Waals surface area (Å²) in [6, 6.07) is 5.81. The van der Waals surface area contributed by atoms with Crippen molar-refractivity contribution in [2.75, 3.05) is 36.0 Å². The van der Waals surface area contributed by atoms with Gasteiger partial charge in [0.25, 0.3) is 0 Å². The molecule has 2 aromatic heterocycles. The van der Waals surface area contributed by atoms with Crippen molar-refractivity contribution in [3.63, 3.8) is 0 Å². The molecule has 2 aliphatic heterocycles. The Morgan fingerprint density at radius 2 is 1.89 bits per heavy atom. The first-order valence-corrected chi connectivity index (χ1v) is 9.70. The highest BCUT2D eigenvalue weighted by atomic mass is 16.3. The van der Waals surface area contributed by atoms with Gasteiger partial charge in [-0.05, 0) is 50.3 Å². The largest absolute Gasteiger partial charge is 0.391 e. The predicted octanol–water partition coefficient (Wildman–Crippen LogP) is 1.63. The van der Waals surface area contributed by atoms with Crippen molar-refractivity contribution in [1.82, 2.24) is 15.0 Å². The lowest BCUT2D eigenvalue weighted by Gasteiger charge is -2.38. The fourth-order valence-electron chi connectivity index (χ4n) is 3.91. The van der Waals surface area contributed by atoms with Gasteiger partial charge in [0.05, 0.1) is 11.8 Å². The maximum atomic E-state index is 11.0. The molecule has 0 aliphatic carbocycles. The third kappa shape index (κ3) is 3.89. The van der Waals surface area contributed by atoms with Crippen molar-refractivity contribution >= 4 is 11.8 Å². The van der Waals surface area contributed by atoms with Crippen LogP contribution in [-0.4, -0.2) is 57.4 Å². The fourth-order valence-corrected chi connectivity index (χ4v) is 3.91. The van der Waals surface area contributed by atoms with Crippen LogP contribution in [0.4, 0.5) is 11.8 Å². The van der Waals surface area contributed by atoms with Gasteiger partial charge in [0, 0.05) is 38.6 Å². The van der Waals surface area contributed by atoms with E-state index in [1.54, 1.807) is 12.4 Å². The maximum absolute atomic E-state index is 11.0. The average Bonchev–Trinajstić information content (AvgIpc) is 2.69. The number of anilines is 2. The van der Waals surface area contributed by atoms with E-state index in [9.17, 15) is 10.2 Å². The topological polar surface area (TPSA) is 85.6 Å². The Balaban J connectivity index is 1.45. The van der Waals surface area contributed by atoms with E-state index in [0.29, 0.717) is 38.4 Å². The molecule has 1 atom stereocenters. The molecule has 1 unspecified atom stereocenters. The Labute approximate surface area is 159 Å². The smallest absolute Gasteiger partial charge is 0.227 e. The van der Waals surface area contributed by atoms with Gasteiger partial charge in [-0.2, -0.15) is 4.98 Å². The van der Waals surface area contributed by atoms with Gasteiger partial charge in [-0.3, -0.25) is 4.98 Å². The molecule has 7 nitrogen and oxygen atoms in total. The van der Waals surface area contributed by atoms with E-state index in [4.69, 9.17) is 4.98 Å². The summed E-state index contributed by atoms with van der Waals surface area (Å²) in [7, 11) is 0. The highest BCUT2D eigenvalue weighted by Gasteiger charge is 2.36. The lowest BCUT2D eigenvalue weighted by molar-refractivity contribution is 0.00736. The van der Waals surface area contributed by atoms with Crippen LogP contribution < -0.4 is 9.80 Å². The van der Waals surface area contributed by atoms with Gasteiger partial charge in [-0.25, -0.2) is 4.98 Å². The van der Waals surface area contributed by atoms with Crippen LogP contribution in [0.25, 0.3) is 0 Å². The molecule has 0 aromatic carbocycles. The molecule has 2 fully saturated rings. The third-order valence-corrected chi connectivity index (χ3v) is 5.61. The second kappa shape index (κ2) is 7.40. The molecule has 27 heavy (non-hydrogen) atoms. The zero-order valence-electron chi connectivity index (χ0n) is 15.8. The molecular formula is C20H27N5O2. The number of piperidine rings is 2. The van der Waals surface area contributed by atoms with Gasteiger partial charge in [0.1, 0.15) is 11.4 Å². The molecule has 0 bridgehead atoms. The highest BCUT2D eigenvalue weighted by molar-refractivity contribution is 5.44. The van der Waals surface area contributed by atoms with E-state index in [0.717, 1.165) is 36.5 Å². The molecule has 0 radical (unpaired) electrons. The van der Waals surface area contributed by atoms with E-state index >= 15 is 0 Å². The Hall–Kier alpha value is -2.25. The van der Waals surface area contributed by atoms with E-state index in [1.165, 1.54) is 0 Å². The zero-order valence-corrected chi connectivity index (χ0v) is 15.8. The minimum Gasteiger partial charge on any atom is -0.391 e. The Morgan fingerprint density at radius 1 is 1.07 bits per heavy atom. The number of hydrogen-bond acceptors (Lipinski definition) is 7. The molecule has 7 heteroatoms. The third-order valence-electron chi connectivity index (χ3n) is 5.61. The summed E-state index contributed by atoms with van der Waals surface area (Å²) < 4.78 is 0. The maximum Gasteiger partial charge on any atom is 0.227 e. The standard InChI is InChI=1S/C20H27N5O2/c1-15-4-5-17(22-13-15)20(27)7-11-24(12-8-20)19-21-9-6-18(23-19)25-10-2-3-16(26)14-25/h4-6,9,13,16,26-27H,2-3,7-8,10-12,14H2,1H3. The lowest BCUT2D eigenvalue weighted by atomic mass is 9.87. The van der Waals surface area contributed by atoms with Crippen molar-refractivity contribution in [1.29, 1.82) is 0 Å². The quantitative estimate of drug-likeness (QED) is 0.850. The molecule has 144 valence electrons. The van der Waals surface area contributed by atoms with Gasteiger partial charge >= 0.3 is 0 Å². The first-order chi connectivity index (χ1) is 13.0. The predicted molar refractivity (Wildman–Crippen MR) is 104 cm³/mol. The zero-order chi connectivity index (χ0) is 18.9. The molecule has 0 spiro atoms. The van der Waals surface area contributed by atoms with Crippen molar-refractivity contribution < 1.29 is 10.2 Å². The second-order valence-corrected chi connectivity index (χ2v) is 7.70. The normalized spacial score (nSPS) is 22.7. The van der Waals surface area contributed by atoms with E-state index in [1.807, 2.05) is 25.1 Å². The molecule has 2 aromatic rings. The molecule has 2 saturated heterocycles. The van der Waals surface area contributed by atoms with Gasteiger partial charge in [0.2, 0.25) is 5.95 Å². The molecule has 4 heterocycles. The lowest BCUT2D eigenvalue weighted by Crippen LogP contribution is -2.44. The summed E-state index contributed by atoms with van der Waals surface area (Å²) >= 11 is 0. The van der Waals surface area contributed by atoms with E-state index < -0.39 is 5.60 Å². The molecular weight excluding hydrogens is 342 g/mol. The molecule has 0 amide bonds. The number of nitrogens with zero attached hydrogens (tertiary/aromatic N) is 5. The summed E-state index contributed by atoms with van der Waals surface area (Å²) in [5, 5.41) is 20.9. The van der Waals surface area contributed by atoms with Gasteiger partial charge in [-0.1, -0.05) is 6.07 Å². The number of rotatable bonds is 3. The minimum atomic E-state index is -0.890. The van der Waals surface area contributed by atoms with Crippen LogP contribution >= 0.6 is 0 Å². The highest BCUT2D eigenvalue weighted by Crippen LogP contribution is 2.33. The monoisotopic (exact) mass is 369 g/mol. The summed E-state index contributed by atoms with van der Waals surface area (Å²) in [4.78, 5) is 17.8. The molecule has 0 saturated carbocycles. The molecule has 2 N–H and O–H groups in total.